The van der Waals surface area contributed by atoms with Crippen LogP contribution in [0.5, 0.6) is 5.88 Å². The molecular formula is C21H29N5O4. The molecule has 0 aliphatic rings. The Bertz CT molecular complexity index is 824. The van der Waals surface area contributed by atoms with Gasteiger partial charge in [-0.3, -0.25) is 4.98 Å². The molecule has 2 aromatic rings. The molecule has 0 spiro atoms. The van der Waals surface area contributed by atoms with E-state index in [0.717, 1.165) is 5.56 Å². The largest absolute Gasteiger partial charge is 0.480 e. The standard InChI is InChI=1S/C21H29N5O4/c1-21(2,3)30-20(28)26(15-16-8-5-10-22-14-16)13-7-12-24-19(27)25-17-9-6-11-23-18(17)29-4/h5-6,8-11,14H,7,12-13,15H2,1-4H3,(H2,24,25,27). The number of nitrogens with one attached hydrogen (secondary N) is 2. The van der Waals surface area contributed by atoms with Gasteiger partial charge in [0.15, 0.2) is 0 Å². The topological polar surface area (TPSA) is 106 Å². The molecule has 0 aromatic carbocycles. The number of hydrogen-bond donors (Lipinski definition) is 2. The van der Waals surface area contributed by atoms with Crippen molar-refractivity contribution in [2.45, 2.75) is 39.3 Å². The minimum absolute atomic E-state index is 0.334. The SMILES string of the molecule is COc1ncccc1NC(=O)NCCCN(Cc1cccnc1)C(=O)OC(C)(C)C. The summed E-state index contributed by atoms with van der Waals surface area (Å²) in [6.45, 7) is 6.64. The van der Waals surface area contributed by atoms with Crippen LogP contribution in [0.4, 0.5) is 15.3 Å². The molecular weight excluding hydrogens is 386 g/mol. The summed E-state index contributed by atoms with van der Waals surface area (Å²) in [5.74, 6) is 0.334. The zero-order valence-electron chi connectivity index (χ0n) is 17.8. The molecule has 0 radical (unpaired) electrons. The van der Waals surface area contributed by atoms with Crippen LogP contribution in [0.15, 0.2) is 42.9 Å². The number of amides is 3. The molecule has 0 aliphatic heterocycles. The van der Waals surface area contributed by atoms with Crippen molar-refractivity contribution in [2.24, 2.45) is 0 Å². The fraction of sp³-hybridized carbons (Fsp3) is 0.429. The van der Waals surface area contributed by atoms with E-state index in [2.05, 4.69) is 20.6 Å². The van der Waals surface area contributed by atoms with Crippen molar-refractivity contribution in [1.82, 2.24) is 20.2 Å². The molecule has 0 atom stereocenters. The summed E-state index contributed by atoms with van der Waals surface area (Å²) in [5.41, 5.74) is 0.785. The van der Waals surface area contributed by atoms with Crippen LogP contribution in [0.25, 0.3) is 0 Å². The second kappa shape index (κ2) is 11.0. The summed E-state index contributed by atoms with van der Waals surface area (Å²) in [4.78, 5) is 34.4. The molecule has 30 heavy (non-hydrogen) atoms. The lowest BCUT2D eigenvalue weighted by atomic mass is 10.2. The van der Waals surface area contributed by atoms with Gasteiger partial charge in [-0.2, -0.15) is 0 Å². The highest BCUT2D eigenvalue weighted by molar-refractivity contribution is 5.90. The molecule has 162 valence electrons. The maximum atomic E-state index is 12.6. The van der Waals surface area contributed by atoms with Gasteiger partial charge in [0, 0.05) is 31.7 Å². The molecule has 0 fully saturated rings. The van der Waals surface area contributed by atoms with Crippen LogP contribution < -0.4 is 15.4 Å². The fourth-order valence-corrected chi connectivity index (χ4v) is 2.56. The molecule has 0 saturated carbocycles. The second-order valence-electron chi connectivity index (χ2n) is 7.56. The van der Waals surface area contributed by atoms with Crippen LogP contribution >= 0.6 is 0 Å². The fourth-order valence-electron chi connectivity index (χ4n) is 2.56. The number of carbonyl (C=O) groups is 2. The third kappa shape index (κ3) is 7.94. The third-order valence-electron chi connectivity index (χ3n) is 3.85. The van der Waals surface area contributed by atoms with E-state index in [-0.39, 0.29) is 6.03 Å². The maximum absolute atomic E-state index is 12.6. The van der Waals surface area contributed by atoms with Crippen LogP contribution in [-0.4, -0.2) is 52.8 Å². The molecule has 2 heterocycles. The summed E-state index contributed by atoms with van der Waals surface area (Å²) < 4.78 is 10.6. The summed E-state index contributed by atoms with van der Waals surface area (Å²) in [7, 11) is 1.49. The van der Waals surface area contributed by atoms with E-state index in [0.29, 0.717) is 37.6 Å². The predicted molar refractivity (Wildman–Crippen MR) is 113 cm³/mol. The van der Waals surface area contributed by atoms with Gasteiger partial charge in [-0.25, -0.2) is 14.6 Å². The number of anilines is 1. The van der Waals surface area contributed by atoms with Crippen molar-refractivity contribution < 1.29 is 19.1 Å². The van der Waals surface area contributed by atoms with E-state index >= 15 is 0 Å². The number of carbonyl (C=O) groups excluding carboxylic acids is 2. The molecule has 3 amide bonds. The van der Waals surface area contributed by atoms with Crippen molar-refractivity contribution in [3.8, 4) is 5.88 Å². The summed E-state index contributed by atoms with van der Waals surface area (Å²) in [5, 5.41) is 5.46. The van der Waals surface area contributed by atoms with Crippen molar-refractivity contribution in [2.75, 3.05) is 25.5 Å². The van der Waals surface area contributed by atoms with Gasteiger partial charge in [0.2, 0.25) is 5.88 Å². The highest BCUT2D eigenvalue weighted by atomic mass is 16.6. The monoisotopic (exact) mass is 415 g/mol. The van der Waals surface area contributed by atoms with Gasteiger partial charge >= 0.3 is 12.1 Å². The van der Waals surface area contributed by atoms with Crippen molar-refractivity contribution in [1.29, 1.82) is 0 Å². The lowest BCUT2D eigenvalue weighted by molar-refractivity contribution is 0.0232. The minimum atomic E-state index is -0.592. The molecule has 0 aliphatic carbocycles. The summed E-state index contributed by atoms with van der Waals surface area (Å²) in [6.07, 6.45) is 5.12. The Balaban J connectivity index is 1.86. The predicted octanol–water partition coefficient (Wildman–Crippen LogP) is 3.43. The molecule has 2 rings (SSSR count). The minimum Gasteiger partial charge on any atom is -0.480 e. The normalized spacial score (nSPS) is 10.8. The summed E-state index contributed by atoms with van der Waals surface area (Å²) >= 11 is 0. The van der Waals surface area contributed by atoms with Gasteiger partial charge in [-0.05, 0) is 51.0 Å². The number of rotatable bonds is 8. The average Bonchev–Trinajstić information content (AvgIpc) is 2.70. The Kier molecular flexibility index (Phi) is 8.40. The van der Waals surface area contributed by atoms with E-state index < -0.39 is 11.7 Å². The smallest absolute Gasteiger partial charge is 0.410 e. The van der Waals surface area contributed by atoms with Crippen LogP contribution in [0.1, 0.15) is 32.8 Å². The van der Waals surface area contributed by atoms with E-state index in [1.54, 1.807) is 35.6 Å². The van der Waals surface area contributed by atoms with Crippen molar-refractivity contribution >= 4 is 17.8 Å². The second-order valence-corrected chi connectivity index (χ2v) is 7.56. The Morgan fingerprint density at radius 3 is 2.60 bits per heavy atom. The number of urea groups is 1. The molecule has 9 heteroatoms. The molecule has 2 N–H and O–H groups in total. The van der Waals surface area contributed by atoms with E-state index in [1.807, 2.05) is 32.9 Å². The first-order chi connectivity index (χ1) is 14.3. The van der Waals surface area contributed by atoms with Gasteiger partial charge < -0.3 is 25.0 Å². The summed E-state index contributed by atoms with van der Waals surface area (Å²) in [6, 6.07) is 6.74. The lowest BCUT2D eigenvalue weighted by Gasteiger charge is -2.27. The van der Waals surface area contributed by atoms with Gasteiger partial charge in [-0.1, -0.05) is 6.07 Å². The van der Waals surface area contributed by atoms with Crippen LogP contribution in [0.3, 0.4) is 0 Å². The molecule has 9 nitrogen and oxygen atoms in total. The quantitative estimate of drug-likeness (QED) is 0.640. The Labute approximate surface area is 176 Å². The zero-order chi connectivity index (χ0) is 22.0. The van der Waals surface area contributed by atoms with Crippen LogP contribution in [0, 0.1) is 0 Å². The molecule has 0 unspecified atom stereocenters. The van der Waals surface area contributed by atoms with Gasteiger partial charge in [0.1, 0.15) is 11.3 Å². The third-order valence-corrected chi connectivity index (χ3v) is 3.85. The first kappa shape index (κ1) is 22.9. The highest BCUT2D eigenvalue weighted by Crippen LogP contribution is 2.19. The van der Waals surface area contributed by atoms with Crippen molar-refractivity contribution in [3.63, 3.8) is 0 Å². The Hall–Kier alpha value is -3.36. The first-order valence-electron chi connectivity index (χ1n) is 9.69. The molecule has 0 saturated heterocycles. The number of pyridine rings is 2. The zero-order valence-corrected chi connectivity index (χ0v) is 17.8. The van der Waals surface area contributed by atoms with Crippen LogP contribution in [0.2, 0.25) is 0 Å². The molecule has 2 aromatic heterocycles. The first-order valence-corrected chi connectivity index (χ1v) is 9.69. The maximum Gasteiger partial charge on any atom is 0.410 e. The van der Waals surface area contributed by atoms with Gasteiger partial charge in [-0.15, -0.1) is 0 Å². The number of nitrogens with zero attached hydrogens (tertiary/aromatic N) is 3. The van der Waals surface area contributed by atoms with E-state index in [9.17, 15) is 9.59 Å². The van der Waals surface area contributed by atoms with E-state index in [4.69, 9.17) is 9.47 Å². The van der Waals surface area contributed by atoms with Gasteiger partial charge in [0.05, 0.1) is 13.7 Å². The lowest BCUT2D eigenvalue weighted by Crippen LogP contribution is -2.38. The number of methoxy groups -OCH3 is 1. The highest BCUT2D eigenvalue weighted by Gasteiger charge is 2.22. The van der Waals surface area contributed by atoms with Gasteiger partial charge in [0.25, 0.3) is 0 Å². The Morgan fingerprint density at radius 2 is 1.93 bits per heavy atom. The van der Waals surface area contributed by atoms with Crippen LogP contribution in [-0.2, 0) is 11.3 Å². The Morgan fingerprint density at radius 1 is 1.17 bits per heavy atom. The van der Waals surface area contributed by atoms with E-state index in [1.165, 1.54) is 7.11 Å². The number of hydrogen-bond acceptors (Lipinski definition) is 6. The number of aromatic nitrogens is 2. The average molecular weight is 415 g/mol. The van der Waals surface area contributed by atoms with Crippen molar-refractivity contribution in [3.05, 3.63) is 48.4 Å². The molecule has 0 bridgehead atoms. The number of ether oxygens (including phenoxy) is 2.